The van der Waals surface area contributed by atoms with Crippen LogP contribution in [0.25, 0.3) is 0 Å². The highest BCUT2D eigenvalue weighted by Gasteiger charge is 2.22. The van der Waals surface area contributed by atoms with E-state index in [1.807, 2.05) is 0 Å². The summed E-state index contributed by atoms with van der Waals surface area (Å²) < 4.78 is 0. The van der Waals surface area contributed by atoms with Crippen molar-refractivity contribution in [3.05, 3.63) is 0 Å². The van der Waals surface area contributed by atoms with Crippen molar-refractivity contribution in [1.29, 1.82) is 0 Å². The Morgan fingerprint density at radius 3 is 2.67 bits per heavy atom. The molecule has 0 unspecified atom stereocenters. The van der Waals surface area contributed by atoms with Gasteiger partial charge in [-0.1, -0.05) is 0 Å². The zero-order valence-electron chi connectivity index (χ0n) is 8.31. The third-order valence-electron chi connectivity index (χ3n) is 2.19. The molecule has 6 nitrogen and oxygen atoms in total. The molecule has 0 spiro atoms. The first kappa shape index (κ1) is 14.0. The van der Waals surface area contributed by atoms with Gasteiger partial charge in [-0.2, -0.15) is 0 Å². The van der Waals surface area contributed by atoms with Crippen LogP contribution in [0.5, 0.6) is 0 Å². The van der Waals surface area contributed by atoms with E-state index in [9.17, 15) is 9.59 Å². The minimum atomic E-state index is -1.10. The molecule has 4 N–H and O–H groups in total. The zero-order valence-corrected chi connectivity index (χ0v) is 9.13. The molecule has 15 heavy (non-hydrogen) atoms. The van der Waals surface area contributed by atoms with Gasteiger partial charge < -0.3 is 21.1 Å². The number of nitrogens with one attached hydrogen (secondary N) is 1. The van der Waals surface area contributed by atoms with Gasteiger partial charge in [0.15, 0.2) is 0 Å². The van der Waals surface area contributed by atoms with Gasteiger partial charge in [0.2, 0.25) is 5.91 Å². The number of rotatable bonds is 3. The quantitative estimate of drug-likeness (QED) is 0.624. The zero-order chi connectivity index (χ0) is 10.6. The number of nitrogens with zero attached hydrogens (tertiary/aromatic N) is 1. The van der Waals surface area contributed by atoms with Crippen molar-refractivity contribution in [2.24, 2.45) is 5.73 Å². The summed E-state index contributed by atoms with van der Waals surface area (Å²) in [6.07, 6.45) is -0.0622. The second-order valence-electron chi connectivity index (χ2n) is 3.37. The van der Waals surface area contributed by atoms with E-state index in [4.69, 9.17) is 10.8 Å². The third-order valence-corrected chi connectivity index (χ3v) is 2.19. The van der Waals surface area contributed by atoms with Gasteiger partial charge in [-0.25, -0.2) is 4.79 Å². The van der Waals surface area contributed by atoms with Crippen molar-refractivity contribution >= 4 is 24.4 Å². The molecule has 0 saturated carbocycles. The third kappa shape index (κ3) is 4.85. The van der Waals surface area contributed by atoms with Crippen LogP contribution in [0.3, 0.4) is 0 Å². The standard InChI is InChI=1S/C8H15N3O3.ClH/c9-6-2-4-11(5-6)7(12)1-3-10-8(13)14;/h6,10H,1-5,9H2,(H,13,14);1H/t6-;/m1./s1. The molecule has 7 heteroatoms. The molecular formula is C8H16ClN3O3. The Bertz CT molecular complexity index is 237. The molecule has 0 radical (unpaired) electrons. The van der Waals surface area contributed by atoms with Gasteiger partial charge in [0.1, 0.15) is 0 Å². The van der Waals surface area contributed by atoms with Gasteiger partial charge in [0.25, 0.3) is 0 Å². The Labute approximate surface area is 94.2 Å². The summed E-state index contributed by atoms with van der Waals surface area (Å²) in [5.41, 5.74) is 5.64. The monoisotopic (exact) mass is 237 g/mol. The maximum atomic E-state index is 11.4. The summed E-state index contributed by atoms with van der Waals surface area (Å²) in [7, 11) is 0. The molecule has 0 aromatic carbocycles. The van der Waals surface area contributed by atoms with E-state index in [1.54, 1.807) is 4.90 Å². The molecule has 1 saturated heterocycles. The Kier molecular flexibility index (Phi) is 6.03. The fraction of sp³-hybridized carbons (Fsp3) is 0.750. The number of carbonyl (C=O) groups excluding carboxylic acids is 1. The van der Waals surface area contributed by atoms with Crippen molar-refractivity contribution in [2.45, 2.75) is 18.9 Å². The van der Waals surface area contributed by atoms with E-state index >= 15 is 0 Å². The van der Waals surface area contributed by atoms with Gasteiger partial charge in [-0.05, 0) is 6.42 Å². The fourth-order valence-corrected chi connectivity index (χ4v) is 1.45. The van der Waals surface area contributed by atoms with Crippen LogP contribution in [0.2, 0.25) is 0 Å². The second-order valence-corrected chi connectivity index (χ2v) is 3.37. The van der Waals surface area contributed by atoms with Crippen LogP contribution in [-0.4, -0.2) is 47.7 Å². The smallest absolute Gasteiger partial charge is 0.404 e. The average molecular weight is 238 g/mol. The molecule has 1 atom stereocenters. The predicted molar refractivity (Wildman–Crippen MR) is 57.1 cm³/mol. The second kappa shape index (κ2) is 6.47. The van der Waals surface area contributed by atoms with Crippen molar-refractivity contribution < 1.29 is 14.7 Å². The van der Waals surface area contributed by atoms with Crippen LogP contribution < -0.4 is 11.1 Å². The summed E-state index contributed by atoms with van der Waals surface area (Å²) in [5.74, 6) is -0.0355. The van der Waals surface area contributed by atoms with Crippen LogP contribution in [0.4, 0.5) is 4.79 Å². The first-order valence-electron chi connectivity index (χ1n) is 4.59. The highest BCUT2D eigenvalue weighted by Crippen LogP contribution is 2.07. The highest BCUT2D eigenvalue weighted by atomic mass is 35.5. The summed E-state index contributed by atoms with van der Waals surface area (Å²) >= 11 is 0. The molecule has 0 aromatic heterocycles. The van der Waals surface area contributed by atoms with Crippen LogP contribution in [0.1, 0.15) is 12.8 Å². The van der Waals surface area contributed by atoms with E-state index < -0.39 is 6.09 Å². The summed E-state index contributed by atoms with van der Waals surface area (Å²) in [5, 5.41) is 10.4. The van der Waals surface area contributed by atoms with Crippen molar-refractivity contribution in [1.82, 2.24) is 10.2 Å². The Morgan fingerprint density at radius 1 is 1.53 bits per heavy atom. The van der Waals surface area contributed by atoms with Gasteiger partial charge in [-0.15, -0.1) is 12.4 Å². The molecule has 0 aromatic rings. The first-order chi connectivity index (χ1) is 6.59. The minimum Gasteiger partial charge on any atom is -0.465 e. The first-order valence-corrected chi connectivity index (χ1v) is 4.59. The molecule has 1 fully saturated rings. The van der Waals surface area contributed by atoms with Crippen molar-refractivity contribution in [2.75, 3.05) is 19.6 Å². The number of hydrogen-bond acceptors (Lipinski definition) is 3. The maximum absolute atomic E-state index is 11.4. The molecule has 1 heterocycles. The van der Waals surface area contributed by atoms with E-state index in [0.29, 0.717) is 13.1 Å². The van der Waals surface area contributed by atoms with Crippen molar-refractivity contribution in [3.63, 3.8) is 0 Å². The Morgan fingerprint density at radius 2 is 2.20 bits per heavy atom. The Hall–Kier alpha value is -1.01. The minimum absolute atomic E-state index is 0. The fourth-order valence-electron chi connectivity index (χ4n) is 1.45. The maximum Gasteiger partial charge on any atom is 0.404 e. The number of carbonyl (C=O) groups is 2. The average Bonchev–Trinajstić information content (AvgIpc) is 2.51. The summed E-state index contributed by atoms with van der Waals surface area (Å²) in [6, 6.07) is 0.0754. The number of amides is 2. The normalized spacial score (nSPS) is 19.5. The lowest BCUT2D eigenvalue weighted by atomic mass is 10.3. The number of nitrogens with two attached hydrogens (primary N) is 1. The molecule has 2 amide bonds. The molecule has 1 rings (SSSR count). The predicted octanol–water partition coefficient (Wildman–Crippen LogP) is -0.375. The number of likely N-dealkylation sites (tertiary alicyclic amines) is 1. The van der Waals surface area contributed by atoms with Crippen molar-refractivity contribution in [3.8, 4) is 0 Å². The molecule has 1 aliphatic heterocycles. The van der Waals surface area contributed by atoms with E-state index in [1.165, 1.54) is 0 Å². The number of hydrogen-bond donors (Lipinski definition) is 3. The lowest BCUT2D eigenvalue weighted by Gasteiger charge is -2.15. The molecule has 0 bridgehead atoms. The van der Waals surface area contributed by atoms with Gasteiger partial charge >= 0.3 is 6.09 Å². The van der Waals surface area contributed by atoms with Gasteiger partial charge in [0.05, 0.1) is 0 Å². The summed E-state index contributed by atoms with van der Waals surface area (Å²) in [6.45, 7) is 1.44. The van der Waals surface area contributed by atoms with E-state index in [0.717, 1.165) is 6.42 Å². The molecule has 1 aliphatic rings. The lowest BCUT2D eigenvalue weighted by molar-refractivity contribution is -0.130. The number of halogens is 1. The Balaban J connectivity index is 0.00000196. The highest BCUT2D eigenvalue weighted by molar-refractivity contribution is 5.85. The summed E-state index contributed by atoms with van der Waals surface area (Å²) in [4.78, 5) is 23.2. The molecule has 0 aliphatic carbocycles. The number of carboxylic acid groups (broad SMARTS) is 1. The topological polar surface area (TPSA) is 95.7 Å². The van der Waals surface area contributed by atoms with Crippen LogP contribution >= 0.6 is 12.4 Å². The van der Waals surface area contributed by atoms with Gasteiger partial charge in [-0.3, -0.25) is 4.79 Å². The SMILES string of the molecule is Cl.N[C@@H]1CCN(C(=O)CCNC(=O)O)C1. The van der Waals surface area contributed by atoms with Gasteiger partial charge in [0, 0.05) is 32.1 Å². The van der Waals surface area contributed by atoms with Crippen LogP contribution in [0.15, 0.2) is 0 Å². The molecule has 88 valence electrons. The van der Waals surface area contributed by atoms with E-state index in [-0.39, 0.29) is 37.3 Å². The lowest BCUT2D eigenvalue weighted by Crippen LogP contribution is -2.34. The van der Waals surface area contributed by atoms with E-state index in [2.05, 4.69) is 5.32 Å². The van der Waals surface area contributed by atoms with Crippen LogP contribution in [-0.2, 0) is 4.79 Å². The largest absolute Gasteiger partial charge is 0.465 e. The van der Waals surface area contributed by atoms with Crippen LogP contribution in [0, 0.1) is 0 Å². The molecular weight excluding hydrogens is 222 g/mol.